The Morgan fingerprint density at radius 2 is 2.13 bits per heavy atom. The largest absolute Gasteiger partial charge is 0.369 e. The van der Waals surface area contributed by atoms with Crippen LogP contribution >= 0.6 is 11.8 Å². The highest BCUT2D eigenvalue weighted by molar-refractivity contribution is 8.00. The standard InChI is InChI=1S/C22H36N6OS/c1-4-24-22(28-12-13-30-19(15-28)16(2)3)26-14-18-6-5-9-25-21(18)27-10-7-17(8-11-27)20(23)29/h5-6,9,16-17,19H,4,7-8,10-15H2,1-3H3,(H2,23,29)(H,24,26). The molecule has 2 fully saturated rings. The average molecular weight is 433 g/mol. The van der Waals surface area contributed by atoms with E-state index in [0.29, 0.717) is 17.7 Å². The Hall–Kier alpha value is -1.96. The quantitative estimate of drug-likeness (QED) is 0.530. The zero-order valence-corrected chi connectivity index (χ0v) is 19.3. The van der Waals surface area contributed by atoms with Gasteiger partial charge in [-0.3, -0.25) is 4.79 Å². The first-order valence-corrected chi connectivity index (χ1v) is 12.2. The van der Waals surface area contributed by atoms with Crippen molar-refractivity contribution < 1.29 is 4.79 Å². The molecule has 0 radical (unpaired) electrons. The number of carbonyl (C=O) groups excluding carboxylic acids is 1. The van der Waals surface area contributed by atoms with Crippen LogP contribution in [-0.4, -0.2) is 65.5 Å². The lowest BCUT2D eigenvalue weighted by Crippen LogP contribution is -2.49. The Morgan fingerprint density at radius 3 is 2.80 bits per heavy atom. The molecule has 2 aliphatic rings. The third kappa shape index (κ3) is 5.80. The highest BCUT2D eigenvalue weighted by Gasteiger charge is 2.26. The van der Waals surface area contributed by atoms with Crippen LogP contribution in [0.5, 0.6) is 0 Å². The molecule has 3 heterocycles. The van der Waals surface area contributed by atoms with Crippen LogP contribution < -0.4 is 16.0 Å². The number of nitrogens with one attached hydrogen (secondary N) is 1. The van der Waals surface area contributed by atoms with Crippen molar-refractivity contribution in [3.63, 3.8) is 0 Å². The van der Waals surface area contributed by atoms with Crippen molar-refractivity contribution in [3.05, 3.63) is 23.9 Å². The highest BCUT2D eigenvalue weighted by Crippen LogP contribution is 2.26. The lowest BCUT2D eigenvalue weighted by atomic mass is 9.96. The van der Waals surface area contributed by atoms with Crippen molar-refractivity contribution in [1.29, 1.82) is 0 Å². The van der Waals surface area contributed by atoms with Crippen LogP contribution in [0.3, 0.4) is 0 Å². The summed E-state index contributed by atoms with van der Waals surface area (Å²) >= 11 is 2.07. The summed E-state index contributed by atoms with van der Waals surface area (Å²) in [6.07, 6.45) is 3.42. The Kier molecular flexibility index (Phi) is 8.24. The van der Waals surface area contributed by atoms with Crippen LogP contribution in [0.2, 0.25) is 0 Å². The van der Waals surface area contributed by atoms with E-state index in [2.05, 4.69) is 58.7 Å². The van der Waals surface area contributed by atoms with Crippen LogP contribution in [0.4, 0.5) is 5.82 Å². The fourth-order valence-corrected chi connectivity index (χ4v) is 5.37. The monoisotopic (exact) mass is 432 g/mol. The van der Waals surface area contributed by atoms with E-state index in [1.165, 1.54) is 0 Å². The minimum atomic E-state index is -0.185. The van der Waals surface area contributed by atoms with Gasteiger partial charge in [-0.05, 0) is 31.7 Å². The summed E-state index contributed by atoms with van der Waals surface area (Å²) in [7, 11) is 0. The molecular weight excluding hydrogens is 396 g/mol. The number of thioether (sulfide) groups is 1. The van der Waals surface area contributed by atoms with Gasteiger partial charge in [0.25, 0.3) is 0 Å². The number of guanidine groups is 1. The van der Waals surface area contributed by atoms with Gasteiger partial charge in [0.15, 0.2) is 5.96 Å². The summed E-state index contributed by atoms with van der Waals surface area (Å²) < 4.78 is 0. The summed E-state index contributed by atoms with van der Waals surface area (Å²) in [6.45, 7) is 11.8. The van der Waals surface area contributed by atoms with Gasteiger partial charge in [0.1, 0.15) is 5.82 Å². The van der Waals surface area contributed by atoms with E-state index in [4.69, 9.17) is 10.7 Å². The van der Waals surface area contributed by atoms with Crippen molar-refractivity contribution in [2.75, 3.05) is 43.4 Å². The molecule has 8 heteroatoms. The number of piperidine rings is 1. The molecule has 3 N–H and O–H groups in total. The molecule has 1 aromatic heterocycles. The molecular formula is C22H36N6OS. The predicted molar refractivity (Wildman–Crippen MR) is 126 cm³/mol. The third-order valence-electron chi connectivity index (χ3n) is 5.93. The molecule has 1 aromatic rings. The van der Waals surface area contributed by atoms with Crippen molar-refractivity contribution in [2.45, 2.75) is 45.4 Å². The maximum atomic E-state index is 11.5. The zero-order chi connectivity index (χ0) is 21.5. The SMILES string of the molecule is CCNC(=NCc1cccnc1N1CCC(C(N)=O)CC1)N1CCSC(C(C)C)C1. The Bertz CT molecular complexity index is 732. The molecule has 0 aromatic carbocycles. The molecule has 1 amide bonds. The topological polar surface area (TPSA) is 86.9 Å². The molecule has 1 atom stereocenters. The lowest BCUT2D eigenvalue weighted by Gasteiger charge is -2.36. The van der Waals surface area contributed by atoms with Gasteiger partial charge in [-0.2, -0.15) is 11.8 Å². The van der Waals surface area contributed by atoms with Gasteiger partial charge < -0.3 is 20.9 Å². The molecule has 0 saturated carbocycles. The van der Waals surface area contributed by atoms with Crippen LogP contribution in [-0.2, 0) is 11.3 Å². The van der Waals surface area contributed by atoms with Gasteiger partial charge in [-0.15, -0.1) is 0 Å². The number of primary amides is 1. The molecule has 166 valence electrons. The van der Waals surface area contributed by atoms with E-state index < -0.39 is 0 Å². The molecule has 3 rings (SSSR count). The number of anilines is 1. The van der Waals surface area contributed by atoms with E-state index in [1.54, 1.807) is 0 Å². The molecule has 0 spiro atoms. The second-order valence-electron chi connectivity index (χ2n) is 8.42. The number of rotatable bonds is 6. The third-order valence-corrected chi connectivity index (χ3v) is 7.47. The van der Waals surface area contributed by atoms with E-state index >= 15 is 0 Å². The molecule has 2 aliphatic heterocycles. The van der Waals surface area contributed by atoms with Crippen LogP contribution in [0.25, 0.3) is 0 Å². The molecule has 0 aliphatic carbocycles. The Morgan fingerprint density at radius 1 is 1.37 bits per heavy atom. The van der Waals surface area contributed by atoms with Crippen molar-refractivity contribution in [1.82, 2.24) is 15.2 Å². The number of hydrogen-bond acceptors (Lipinski definition) is 5. The first-order valence-electron chi connectivity index (χ1n) is 11.1. The van der Waals surface area contributed by atoms with E-state index in [9.17, 15) is 4.79 Å². The lowest BCUT2D eigenvalue weighted by molar-refractivity contribution is -0.122. The number of amides is 1. The molecule has 0 bridgehead atoms. The van der Waals surface area contributed by atoms with E-state index in [-0.39, 0.29) is 11.8 Å². The van der Waals surface area contributed by atoms with E-state index in [0.717, 1.165) is 68.7 Å². The summed E-state index contributed by atoms with van der Waals surface area (Å²) in [4.78, 5) is 25.8. The molecule has 30 heavy (non-hydrogen) atoms. The maximum Gasteiger partial charge on any atom is 0.220 e. The number of aromatic nitrogens is 1. The van der Waals surface area contributed by atoms with Gasteiger partial charge in [0, 0.05) is 61.4 Å². The fraction of sp³-hybridized carbons (Fsp3) is 0.682. The summed E-state index contributed by atoms with van der Waals surface area (Å²) in [5, 5.41) is 4.12. The normalized spacial score (nSPS) is 21.2. The smallest absolute Gasteiger partial charge is 0.220 e. The van der Waals surface area contributed by atoms with E-state index in [1.807, 2.05) is 12.3 Å². The summed E-state index contributed by atoms with van der Waals surface area (Å²) in [5.41, 5.74) is 6.61. The molecule has 1 unspecified atom stereocenters. The summed E-state index contributed by atoms with van der Waals surface area (Å²) in [6, 6.07) is 4.09. The zero-order valence-electron chi connectivity index (χ0n) is 18.5. The highest BCUT2D eigenvalue weighted by atomic mass is 32.2. The van der Waals surface area contributed by atoms with Crippen molar-refractivity contribution in [3.8, 4) is 0 Å². The Balaban J connectivity index is 1.71. The number of carbonyl (C=O) groups is 1. The van der Waals surface area contributed by atoms with Crippen molar-refractivity contribution >= 4 is 29.4 Å². The first kappa shape index (κ1) is 22.7. The maximum absolute atomic E-state index is 11.5. The Labute approximate surface area is 184 Å². The second kappa shape index (κ2) is 10.9. The number of aliphatic imine (C=N–C) groups is 1. The fourth-order valence-electron chi connectivity index (χ4n) is 4.07. The first-order chi connectivity index (χ1) is 14.5. The second-order valence-corrected chi connectivity index (χ2v) is 9.77. The van der Waals surface area contributed by atoms with Crippen LogP contribution in [0.15, 0.2) is 23.3 Å². The summed E-state index contributed by atoms with van der Waals surface area (Å²) in [5.74, 6) is 3.57. The predicted octanol–water partition coefficient (Wildman–Crippen LogP) is 2.32. The number of hydrogen-bond donors (Lipinski definition) is 2. The van der Waals surface area contributed by atoms with Gasteiger partial charge in [-0.1, -0.05) is 19.9 Å². The van der Waals surface area contributed by atoms with Crippen LogP contribution in [0.1, 0.15) is 39.2 Å². The van der Waals surface area contributed by atoms with Gasteiger partial charge in [-0.25, -0.2) is 9.98 Å². The number of nitrogens with zero attached hydrogens (tertiary/aromatic N) is 4. The minimum absolute atomic E-state index is 0.0161. The van der Waals surface area contributed by atoms with Gasteiger partial charge in [0.05, 0.1) is 6.54 Å². The van der Waals surface area contributed by atoms with Crippen LogP contribution in [0, 0.1) is 11.8 Å². The molecule has 2 saturated heterocycles. The average Bonchev–Trinajstić information content (AvgIpc) is 2.77. The minimum Gasteiger partial charge on any atom is -0.369 e. The molecule has 7 nitrogen and oxygen atoms in total. The van der Waals surface area contributed by atoms with Crippen molar-refractivity contribution in [2.24, 2.45) is 22.6 Å². The van der Waals surface area contributed by atoms with Gasteiger partial charge in [0.2, 0.25) is 5.91 Å². The van der Waals surface area contributed by atoms with Gasteiger partial charge >= 0.3 is 0 Å². The number of nitrogens with two attached hydrogens (primary N) is 1. The number of pyridine rings is 1.